The van der Waals surface area contributed by atoms with Gasteiger partial charge in [-0.2, -0.15) is 4.98 Å². The molecule has 0 aliphatic carbocycles. The summed E-state index contributed by atoms with van der Waals surface area (Å²) in [6, 6.07) is 14.9. The van der Waals surface area contributed by atoms with Gasteiger partial charge in [0.15, 0.2) is 5.69 Å². The van der Waals surface area contributed by atoms with Crippen LogP contribution in [0.15, 0.2) is 53.7 Å². The molecule has 1 aliphatic rings. The van der Waals surface area contributed by atoms with Crippen molar-refractivity contribution >= 4 is 35.0 Å². The maximum atomic E-state index is 12.7. The van der Waals surface area contributed by atoms with Crippen LogP contribution in [0.5, 0.6) is 5.88 Å². The first-order valence-corrected chi connectivity index (χ1v) is 11.1. The molecule has 0 bridgehead atoms. The molecule has 1 aromatic heterocycles. The minimum atomic E-state index is -0.774. The van der Waals surface area contributed by atoms with Crippen LogP contribution in [0, 0.1) is 0 Å². The van der Waals surface area contributed by atoms with Gasteiger partial charge in [-0.3, -0.25) is 9.69 Å². The fourth-order valence-electron chi connectivity index (χ4n) is 3.30. The second-order valence-electron chi connectivity index (χ2n) is 6.85. The Bertz CT molecular complexity index is 1080. The van der Waals surface area contributed by atoms with Gasteiger partial charge < -0.3 is 4.74 Å². The van der Waals surface area contributed by atoms with Crippen molar-refractivity contribution in [3.63, 3.8) is 0 Å². The highest BCUT2D eigenvalue weighted by atomic mass is 35.5. The van der Waals surface area contributed by atoms with E-state index < -0.39 is 6.23 Å². The number of hydrogen-bond donors (Lipinski definition) is 0. The number of carbonyl (C=O) groups is 1. The number of nitrogens with zero attached hydrogens (tertiary/aromatic N) is 4. The Morgan fingerprint density at radius 2 is 1.93 bits per heavy atom. The maximum Gasteiger partial charge on any atom is 0.247 e. The molecule has 30 heavy (non-hydrogen) atoms. The summed E-state index contributed by atoms with van der Waals surface area (Å²) in [5.41, 5.74) is 2.60. The van der Waals surface area contributed by atoms with Crippen LogP contribution in [0.3, 0.4) is 0 Å². The molecule has 0 radical (unpaired) electrons. The van der Waals surface area contributed by atoms with Gasteiger partial charge in [-0.15, -0.1) is 10.2 Å². The molecule has 3 aromatic rings. The van der Waals surface area contributed by atoms with E-state index in [2.05, 4.69) is 22.1 Å². The van der Waals surface area contributed by atoms with Gasteiger partial charge in [0.25, 0.3) is 0 Å². The van der Waals surface area contributed by atoms with E-state index in [-0.39, 0.29) is 5.91 Å². The first-order valence-electron chi connectivity index (χ1n) is 9.78. The third-order valence-corrected chi connectivity index (χ3v) is 6.02. The predicted molar refractivity (Wildman–Crippen MR) is 119 cm³/mol. The maximum absolute atomic E-state index is 12.7. The molecule has 1 aliphatic heterocycles. The van der Waals surface area contributed by atoms with Gasteiger partial charge in [-0.1, -0.05) is 73.1 Å². The van der Waals surface area contributed by atoms with Crippen molar-refractivity contribution in [1.82, 2.24) is 15.2 Å². The highest BCUT2D eigenvalue weighted by Gasteiger charge is 2.35. The number of ether oxygens (including phenoxy) is 1. The van der Waals surface area contributed by atoms with E-state index in [1.54, 1.807) is 22.7 Å². The average molecular weight is 441 g/mol. The summed E-state index contributed by atoms with van der Waals surface area (Å²) in [4.78, 5) is 19.0. The second-order valence-corrected chi connectivity index (χ2v) is 8.32. The minimum absolute atomic E-state index is 0.175. The molecule has 2 heterocycles. The highest BCUT2D eigenvalue weighted by molar-refractivity contribution is 7.99. The molecule has 2 aromatic carbocycles. The Labute approximate surface area is 184 Å². The first-order chi connectivity index (χ1) is 14.6. The number of carbonyl (C=O) groups excluding carboxylic acids is 1. The molecule has 154 valence electrons. The van der Waals surface area contributed by atoms with E-state index in [4.69, 9.17) is 16.3 Å². The molecular weight excluding hydrogens is 420 g/mol. The van der Waals surface area contributed by atoms with Crippen molar-refractivity contribution in [2.45, 2.75) is 38.1 Å². The van der Waals surface area contributed by atoms with E-state index in [0.717, 1.165) is 24.2 Å². The van der Waals surface area contributed by atoms with Crippen molar-refractivity contribution in [3.05, 3.63) is 59.1 Å². The van der Waals surface area contributed by atoms with Crippen LogP contribution in [0.1, 0.15) is 38.5 Å². The number of aromatic nitrogens is 3. The first kappa shape index (κ1) is 20.6. The standard InChI is InChI=1S/C22H21ClN4O2S/c1-3-4-13-30-22-24-20-19(25-26-22)16-10-6-8-12-18(16)27(14(2)28)21(29-20)15-9-5-7-11-17(15)23/h5-12,21H,3-4,13H2,1-2H3. The summed E-state index contributed by atoms with van der Waals surface area (Å²) < 4.78 is 6.32. The smallest absolute Gasteiger partial charge is 0.247 e. The number of unbranched alkanes of at least 4 members (excludes halogenated alkanes) is 1. The van der Waals surface area contributed by atoms with Crippen LogP contribution in [-0.4, -0.2) is 26.8 Å². The molecular formula is C22H21ClN4O2S. The minimum Gasteiger partial charge on any atom is -0.447 e. The van der Waals surface area contributed by atoms with Crippen LogP contribution >= 0.6 is 23.4 Å². The zero-order chi connectivity index (χ0) is 21.1. The summed E-state index contributed by atoms with van der Waals surface area (Å²) in [6.45, 7) is 3.65. The molecule has 0 spiro atoms. The molecule has 1 atom stereocenters. The Hall–Kier alpha value is -2.64. The molecule has 1 unspecified atom stereocenters. The lowest BCUT2D eigenvalue weighted by atomic mass is 10.1. The number of para-hydroxylation sites is 1. The summed E-state index contributed by atoms with van der Waals surface area (Å²) in [5.74, 6) is 1.07. The number of benzene rings is 2. The molecule has 0 saturated carbocycles. The van der Waals surface area contributed by atoms with Crippen molar-refractivity contribution < 1.29 is 9.53 Å². The van der Waals surface area contributed by atoms with Gasteiger partial charge in [0.05, 0.1) is 5.69 Å². The molecule has 0 N–H and O–H groups in total. The summed E-state index contributed by atoms with van der Waals surface area (Å²) in [7, 11) is 0. The third-order valence-electron chi connectivity index (χ3n) is 4.75. The van der Waals surface area contributed by atoms with Crippen molar-refractivity contribution in [1.29, 1.82) is 0 Å². The van der Waals surface area contributed by atoms with E-state index in [1.165, 1.54) is 6.92 Å². The third kappa shape index (κ3) is 4.00. The van der Waals surface area contributed by atoms with E-state index >= 15 is 0 Å². The van der Waals surface area contributed by atoms with Crippen LogP contribution in [0.2, 0.25) is 5.02 Å². The molecule has 1 amide bonds. The monoisotopic (exact) mass is 440 g/mol. The normalized spacial score (nSPS) is 15.0. The zero-order valence-corrected chi connectivity index (χ0v) is 18.3. The summed E-state index contributed by atoms with van der Waals surface area (Å²) in [6.07, 6.45) is 1.39. The predicted octanol–water partition coefficient (Wildman–Crippen LogP) is 5.53. The Kier molecular flexibility index (Phi) is 6.20. The number of hydrogen-bond acceptors (Lipinski definition) is 6. The number of halogens is 1. The Balaban J connectivity index is 1.87. The number of fused-ring (bicyclic) bond motifs is 3. The van der Waals surface area contributed by atoms with Gasteiger partial charge in [-0.05, 0) is 18.6 Å². The van der Waals surface area contributed by atoms with E-state index in [1.807, 2.05) is 42.5 Å². The van der Waals surface area contributed by atoms with Crippen molar-refractivity contribution in [2.75, 3.05) is 10.7 Å². The van der Waals surface area contributed by atoms with Gasteiger partial charge in [0, 0.05) is 28.8 Å². The Morgan fingerprint density at radius 3 is 2.70 bits per heavy atom. The summed E-state index contributed by atoms with van der Waals surface area (Å²) in [5, 5.41) is 9.75. The Morgan fingerprint density at radius 1 is 1.17 bits per heavy atom. The molecule has 0 saturated heterocycles. The lowest BCUT2D eigenvalue weighted by Gasteiger charge is -2.30. The second kappa shape index (κ2) is 9.02. The lowest BCUT2D eigenvalue weighted by Crippen LogP contribution is -2.36. The number of anilines is 1. The van der Waals surface area contributed by atoms with Crippen LogP contribution in [0.25, 0.3) is 11.3 Å². The fourth-order valence-corrected chi connectivity index (χ4v) is 4.39. The number of rotatable bonds is 5. The SMILES string of the molecule is CCCCSc1nnc2c(n1)OC(c1ccccc1Cl)N(C(C)=O)c1ccccc1-2. The number of amides is 1. The van der Waals surface area contributed by atoms with Gasteiger partial charge in [-0.25, -0.2) is 0 Å². The highest BCUT2D eigenvalue weighted by Crippen LogP contribution is 2.44. The lowest BCUT2D eigenvalue weighted by molar-refractivity contribution is -0.118. The molecule has 4 rings (SSSR count). The van der Waals surface area contributed by atoms with Crippen molar-refractivity contribution in [3.8, 4) is 17.1 Å². The van der Waals surface area contributed by atoms with Crippen LogP contribution in [-0.2, 0) is 4.79 Å². The van der Waals surface area contributed by atoms with Crippen molar-refractivity contribution in [2.24, 2.45) is 0 Å². The van der Waals surface area contributed by atoms with Gasteiger partial charge in [0.2, 0.25) is 23.2 Å². The average Bonchev–Trinajstić information content (AvgIpc) is 2.88. The van der Waals surface area contributed by atoms with E-state index in [9.17, 15) is 4.79 Å². The molecule has 0 fully saturated rings. The van der Waals surface area contributed by atoms with Crippen LogP contribution in [0.4, 0.5) is 5.69 Å². The van der Waals surface area contributed by atoms with Crippen LogP contribution < -0.4 is 9.64 Å². The van der Waals surface area contributed by atoms with Gasteiger partial charge in [0.1, 0.15) is 0 Å². The molecule has 6 nitrogen and oxygen atoms in total. The largest absolute Gasteiger partial charge is 0.447 e. The summed E-state index contributed by atoms with van der Waals surface area (Å²) >= 11 is 8.02. The van der Waals surface area contributed by atoms with E-state index in [0.29, 0.717) is 33.0 Å². The quantitative estimate of drug-likeness (QED) is 0.384. The van der Waals surface area contributed by atoms with Gasteiger partial charge >= 0.3 is 0 Å². The topological polar surface area (TPSA) is 68.2 Å². The number of thioether (sulfide) groups is 1. The molecule has 8 heteroatoms. The fraction of sp³-hybridized carbons (Fsp3) is 0.273. The zero-order valence-electron chi connectivity index (χ0n) is 16.7.